The van der Waals surface area contributed by atoms with Gasteiger partial charge in [0, 0.05) is 49.3 Å². The molecule has 0 bridgehead atoms. The van der Waals surface area contributed by atoms with Gasteiger partial charge in [-0.15, -0.1) is 0 Å². The monoisotopic (exact) mass is 1110 g/mol. The van der Waals surface area contributed by atoms with E-state index in [4.69, 9.17) is 33.4 Å². The number of hydrogen-bond donors (Lipinski definition) is 14. The normalized spacial score (nSPS) is 15.3. The summed E-state index contributed by atoms with van der Waals surface area (Å²) in [7, 11) is 1.49. The largest absolute Gasteiger partial charge is 0.497 e. The first-order chi connectivity index (χ1) is 36.3. The molecule has 1 fully saturated rings. The molecule has 1 aliphatic heterocycles. The number of methoxy groups -OCH3 is 1. The summed E-state index contributed by atoms with van der Waals surface area (Å²) in [5, 5.41) is 17.7. The first-order valence-electron chi connectivity index (χ1n) is 24.6. The Balaban J connectivity index is 1.87. The summed E-state index contributed by atoms with van der Waals surface area (Å²) < 4.78 is 4.50. The highest BCUT2D eigenvalue weighted by molar-refractivity contribution is 7.81. The summed E-state index contributed by atoms with van der Waals surface area (Å²) in [5.74, 6) is -9.41. The molecule has 28 heteroatoms. The highest BCUT2D eigenvalue weighted by Crippen LogP contribution is 2.21. The lowest BCUT2D eigenvalue weighted by molar-refractivity contribution is -0.142. The van der Waals surface area contributed by atoms with Crippen LogP contribution in [0.4, 0.5) is 0 Å². The zero-order valence-corrected chi connectivity index (χ0v) is 45.0. The van der Waals surface area contributed by atoms with Crippen molar-refractivity contribution in [1.82, 2.24) is 42.1 Å². The number of carbonyl (C=O) groups is 11. The van der Waals surface area contributed by atoms with Crippen molar-refractivity contribution in [3.63, 3.8) is 0 Å². The van der Waals surface area contributed by atoms with Crippen molar-refractivity contribution in [3.05, 3.63) is 65.7 Å². The molecule has 0 unspecified atom stereocenters. The van der Waals surface area contributed by atoms with Crippen LogP contribution in [0, 0.1) is 0 Å². The Hall–Kier alpha value is -7.62. The van der Waals surface area contributed by atoms with Crippen molar-refractivity contribution in [3.8, 4) is 5.75 Å². The quantitative estimate of drug-likeness (QED) is 0.0145. The molecular formula is C49H72N14O12S2. The number of carbonyl (C=O) groups excluding carboxylic acids is 11. The molecule has 0 saturated carbocycles. The molecule has 0 radical (unpaired) electrons. The Labute approximate surface area is 456 Å². The topological polar surface area (TPSA) is 427 Å². The van der Waals surface area contributed by atoms with Gasteiger partial charge in [-0.05, 0) is 55.4 Å². The standard InChI is InChI=1S/C49H72N14O12S2/c1-49(2,77)24-40(67)57-32(22-28-13-15-29(75-3)16-14-28)43(70)60-33(21-27-9-5-4-6-10-27)44(71)58-31(17-18-37(50)64)42(69)61-34(23-38(51)65)45(72)62-35(26-76)47(74)63-20-8-12-36(63)46(73)59-30(11-7-19-55-48(53)54)41(68)56-25-39(52)66/h4-6,9-10,13-16,30-36,76-77H,7-8,11-12,17-26H2,1-3H3,(H2,50,64)(H2,51,65)(H2,52,66)(H,56,68)(H,57,67)(H,58,71)(H,59,73)(H,60,70)(H,61,69)(H,62,72)(H4,53,54,55)/t30-,31-,32-,33-,34-,35-,36-/m0/s1. The number of nitrogens with zero attached hydrogens (tertiary/aromatic N) is 2. The number of benzene rings is 2. The minimum absolute atomic E-state index is 0.0141. The van der Waals surface area contributed by atoms with E-state index < -0.39 is 138 Å². The average molecular weight is 1110 g/mol. The van der Waals surface area contributed by atoms with E-state index in [0.29, 0.717) is 23.3 Å². The van der Waals surface area contributed by atoms with Crippen LogP contribution in [0.25, 0.3) is 0 Å². The van der Waals surface area contributed by atoms with E-state index >= 15 is 0 Å². The van der Waals surface area contributed by atoms with Gasteiger partial charge in [-0.3, -0.25) is 57.7 Å². The first kappa shape index (κ1) is 63.7. The number of hydrogen-bond acceptors (Lipinski definition) is 15. The minimum Gasteiger partial charge on any atom is -0.497 e. The smallest absolute Gasteiger partial charge is 0.246 e. The molecule has 7 atom stereocenters. The molecular weight excluding hydrogens is 1040 g/mol. The van der Waals surface area contributed by atoms with Crippen molar-refractivity contribution in [2.75, 3.05) is 32.5 Å². The van der Waals surface area contributed by atoms with Gasteiger partial charge in [-0.25, -0.2) is 0 Å². The van der Waals surface area contributed by atoms with Gasteiger partial charge in [-0.2, -0.15) is 25.3 Å². The third-order valence-electron chi connectivity index (χ3n) is 11.8. The van der Waals surface area contributed by atoms with E-state index in [1.807, 2.05) is 0 Å². The van der Waals surface area contributed by atoms with Crippen molar-refractivity contribution < 1.29 is 57.5 Å². The molecule has 0 aromatic heterocycles. The van der Waals surface area contributed by atoms with E-state index in [-0.39, 0.29) is 63.3 Å². The van der Waals surface area contributed by atoms with Crippen LogP contribution < -0.4 is 70.6 Å². The van der Waals surface area contributed by atoms with Crippen LogP contribution >= 0.6 is 25.3 Å². The predicted molar refractivity (Wildman–Crippen MR) is 289 cm³/mol. The van der Waals surface area contributed by atoms with Gasteiger partial charge < -0.3 is 75.5 Å². The second kappa shape index (κ2) is 31.4. The summed E-state index contributed by atoms with van der Waals surface area (Å²) in [5.41, 5.74) is 28.1. The fourth-order valence-corrected chi connectivity index (χ4v) is 8.38. The van der Waals surface area contributed by atoms with Crippen molar-refractivity contribution in [1.29, 1.82) is 0 Å². The molecule has 2 aromatic rings. The molecule has 1 saturated heterocycles. The van der Waals surface area contributed by atoms with Gasteiger partial charge in [0.15, 0.2) is 5.96 Å². The molecule has 3 rings (SSSR count). The zero-order chi connectivity index (χ0) is 57.4. The SMILES string of the molecule is COc1ccc(C[C@H](NC(=O)CC(C)(C)S)C(=O)N[C@@H](Cc2ccccc2)C(=O)N[C@@H](CCC(N)=O)C(=O)N[C@@H](CC(N)=O)C(=O)N[C@@H](CS)C(=O)N2CCC[C@H]2C(=O)N[C@@H](CCCN=C(N)N)C(=O)NCC(N)=O)cc1. The molecule has 26 nitrogen and oxygen atoms in total. The van der Waals surface area contributed by atoms with Crippen LogP contribution in [0.5, 0.6) is 5.75 Å². The maximum atomic E-state index is 14.4. The lowest BCUT2D eigenvalue weighted by Gasteiger charge is -2.30. The summed E-state index contributed by atoms with van der Waals surface area (Å²) in [6.07, 6.45) is -1.18. The number of nitrogens with one attached hydrogen (secondary N) is 7. The Kier molecular flexibility index (Phi) is 26.0. The third kappa shape index (κ3) is 23.0. The molecule has 77 heavy (non-hydrogen) atoms. The number of nitrogens with two attached hydrogens (primary N) is 5. The molecule has 2 aromatic carbocycles. The average Bonchev–Trinajstić information content (AvgIpc) is 3.86. The van der Waals surface area contributed by atoms with Crippen molar-refractivity contribution in [2.24, 2.45) is 33.7 Å². The first-order valence-corrected chi connectivity index (χ1v) is 25.7. The molecule has 1 heterocycles. The second-order valence-corrected chi connectivity index (χ2v) is 20.4. The van der Waals surface area contributed by atoms with Gasteiger partial charge in [0.1, 0.15) is 48.0 Å². The number of aliphatic imine (C=N–C) groups is 1. The molecule has 0 aliphatic carbocycles. The fraction of sp³-hybridized carbons (Fsp3) is 0.510. The highest BCUT2D eigenvalue weighted by Gasteiger charge is 2.40. The van der Waals surface area contributed by atoms with E-state index in [2.05, 4.69) is 67.5 Å². The predicted octanol–water partition coefficient (Wildman–Crippen LogP) is -3.80. The van der Waals surface area contributed by atoms with Crippen molar-refractivity contribution >= 4 is 96.2 Å². The van der Waals surface area contributed by atoms with Crippen LogP contribution in [0.15, 0.2) is 59.6 Å². The van der Waals surface area contributed by atoms with Crippen LogP contribution in [0.3, 0.4) is 0 Å². The summed E-state index contributed by atoms with van der Waals surface area (Å²) in [4.78, 5) is 152. The van der Waals surface area contributed by atoms with Crippen LogP contribution in [0.1, 0.15) is 76.3 Å². The lowest BCUT2D eigenvalue weighted by atomic mass is 10.0. The maximum Gasteiger partial charge on any atom is 0.246 e. The summed E-state index contributed by atoms with van der Waals surface area (Å²) in [6.45, 7) is 3.08. The van der Waals surface area contributed by atoms with Gasteiger partial charge in [0.05, 0.1) is 20.1 Å². The molecule has 1 aliphatic rings. The highest BCUT2D eigenvalue weighted by atomic mass is 32.1. The third-order valence-corrected chi connectivity index (χ3v) is 12.3. The number of thiol groups is 2. The van der Waals surface area contributed by atoms with E-state index in [9.17, 15) is 52.7 Å². The number of rotatable bonds is 32. The van der Waals surface area contributed by atoms with E-state index in [1.165, 1.54) is 12.0 Å². The van der Waals surface area contributed by atoms with E-state index in [0.717, 1.165) is 0 Å². The zero-order valence-electron chi connectivity index (χ0n) is 43.2. The van der Waals surface area contributed by atoms with E-state index in [1.54, 1.807) is 68.4 Å². The van der Waals surface area contributed by atoms with Crippen LogP contribution in [0.2, 0.25) is 0 Å². The number of ether oxygens (including phenoxy) is 1. The Bertz CT molecular complexity index is 2440. The molecule has 11 amide bonds. The Morgan fingerprint density at radius 3 is 1.78 bits per heavy atom. The molecule has 0 spiro atoms. The summed E-state index contributed by atoms with van der Waals surface area (Å²) in [6, 6.07) is 5.42. The second-order valence-electron chi connectivity index (χ2n) is 18.8. The van der Waals surface area contributed by atoms with Gasteiger partial charge in [0.2, 0.25) is 65.0 Å². The number of likely N-dealkylation sites (tertiary alicyclic amines) is 1. The number of primary amides is 3. The van der Waals surface area contributed by atoms with Gasteiger partial charge in [0.25, 0.3) is 0 Å². The molecule has 422 valence electrons. The number of guanidine groups is 1. The lowest BCUT2D eigenvalue weighted by Crippen LogP contribution is -2.61. The summed E-state index contributed by atoms with van der Waals surface area (Å²) >= 11 is 8.71. The maximum absolute atomic E-state index is 14.4. The Morgan fingerprint density at radius 1 is 0.675 bits per heavy atom. The number of amides is 11. The van der Waals surface area contributed by atoms with Crippen molar-refractivity contribution in [2.45, 2.75) is 125 Å². The molecule has 17 N–H and O–H groups in total. The van der Waals surface area contributed by atoms with Crippen LogP contribution in [-0.4, -0.2) is 155 Å². The Morgan fingerprint density at radius 2 is 1.22 bits per heavy atom. The fourth-order valence-electron chi connectivity index (χ4n) is 7.99. The minimum atomic E-state index is -1.79. The van der Waals surface area contributed by atoms with Gasteiger partial charge >= 0.3 is 0 Å². The van der Waals surface area contributed by atoms with Crippen LogP contribution in [-0.2, 0) is 65.6 Å². The van der Waals surface area contributed by atoms with Gasteiger partial charge in [-0.1, -0.05) is 56.3 Å².